The summed E-state index contributed by atoms with van der Waals surface area (Å²) in [5, 5.41) is 6.75. The van der Waals surface area contributed by atoms with Gasteiger partial charge < -0.3 is 14.4 Å². The van der Waals surface area contributed by atoms with Gasteiger partial charge in [0.2, 0.25) is 0 Å². The highest BCUT2D eigenvalue weighted by molar-refractivity contribution is 7.13. The lowest BCUT2D eigenvalue weighted by Gasteiger charge is -2.31. The van der Waals surface area contributed by atoms with E-state index in [1.54, 1.807) is 34.2 Å². The van der Waals surface area contributed by atoms with Crippen LogP contribution in [0.2, 0.25) is 0 Å². The lowest BCUT2D eigenvalue weighted by Crippen LogP contribution is -2.40. The first-order chi connectivity index (χ1) is 17.7. The smallest absolute Gasteiger partial charge is 0.257 e. The predicted molar refractivity (Wildman–Crippen MR) is 137 cm³/mol. The molecule has 0 unspecified atom stereocenters. The van der Waals surface area contributed by atoms with E-state index < -0.39 is 0 Å². The van der Waals surface area contributed by atoms with Crippen LogP contribution in [0.4, 0.5) is 0 Å². The number of likely N-dealkylation sites (tertiary alicyclic amines) is 1. The number of hydrogen-bond acceptors (Lipinski definition) is 6. The van der Waals surface area contributed by atoms with E-state index in [-0.39, 0.29) is 17.6 Å². The second-order valence-corrected chi connectivity index (χ2v) is 9.89. The number of carbonyl (C=O) groups is 2. The molecule has 2 aromatic heterocycles. The number of para-hydroxylation sites is 1. The summed E-state index contributed by atoms with van der Waals surface area (Å²) in [7, 11) is 0. The van der Waals surface area contributed by atoms with E-state index in [1.165, 1.54) is 0 Å². The molecule has 0 bridgehead atoms. The number of thiophene rings is 1. The molecule has 182 valence electrons. The number of benzene rings is 2. The highest BCUT2D eigenvalue weighted by atomic mass is 32.1. The van der Waals surface area contributed by atoms with Crippen LogP contribution in [0.25, 0.3) is 16.3 Å². The second kappa shape index (κ2) is 9.62. The summed E-state index contributed by atoms with van der Waals surface area (Å²) in [4.78, 5) is 29.6. The van der Waals surface area contributed by atoms with E-state index in [0.29, 0.717) is 67.5 Å². The van der Waals surface area contributed by atoms with Gasteiger partial charge in [0.25, 0.3) is 5.91 Å². The molecule has 8 heteroatoms. The predicted octanol–water partition coefficient (Wildman–Crippen LogP) is 5.11. The number of ether oxygens (including phenoxy) is 2. The van der Waals surface area contributed by atoms with Crippen molar-refractivity contribution >= 4 is 23.0 Å². The molecule has 0 N–H and O–H groups in total. The van der Waals surface area contributed by atoms with Crippen molar-refractivity contribution in [2.45, 2.75) is 12.8 Å². The third-order valence-corrected chi connectivity index (χ3v) is 7.58. The van der Waals surface area contributed by atoms with Crippen molar-refractivity contribution in [1.29, 1.82) is 0 Å². The van der Waals surface area contributed by atoms with E-state index in [1.807, 2.05) is 58.9 Å². The van der Waals surface area contributed by atoms with Crippen molar-refractivity contribution in [3.05, 3.63) is 83.4 Å². The molecule has 1 fully saturated rings. The fourth-order valence-electron chi connectivity index (χ4n) is 4.79. The number of amides is 1. The molecule has 2 aliphatic heterocycles. The highest BCUT2D eigenvalue weighted by Gasteiger charge is 2.31. The summed E-state index contributed by atoms with van der Waals surface area (Å²) in [5.41, 5.74) is 2.80. The zero-order valence-corrected chi connectivity index (χ0v) is 20.4. The summed E-state index contributed by atoms with van der Waals surface area (Å²) in [6.45, 7) is 2.06. The Morgan fingerprint density at radius 1 is 0.917 bits per heavy atom. The Labute approximate surface area is 212 Å². The molecule has 7 nitrogen and oxygen atoms in total. The van der Waals surface area contributed by atoms with Crippen molar-refractivity contribution < 1.29 is 19.1 Å². The molecule has 4 aromatic rings. The van der Waals surface area contributed by atoms with Gasteiger partial charge in [-0.1, -0.05) is 24.3 Å². The van der Waals surface area contributed by atoms with Crippen LogP contribution in [0.1, 0.15) is 33.6 Å². The van der Waals surface area contributed by atoms with Crippen LogP contribution in [0, 0.1) is 5.92 Å². The van der Waals surface area contributed by atoms with Gasteiger partial charge in [0, 0.05) is 30.8 Å². The van der Waals surface area contributed by atoms with Crippen molar-refractivity contribution in [3.63, 3.8) is 0 Å². The third kappa shape index (κ3) is 4.28. The maximum absolute atomic E-state index is 13.6. The Hall–Kier alpha value is -3.91. The molecule has 6 rings (SSSR count). The highest BCUT2D eigenvalue weighted by Crippen LogP contribution is 2.33. The quantitative estimate of drug-likeness (QED) is 0.357. The number of carbonyl (C=O) groups excluding carboxylic acids is 2. The Morgan fingerprint density at radius 3 is 2.44 bits per heavy atom. The normalized spacial score (nSPS) is 15.6. The van der Waals surface area contributed by atoms with Crippen LogP contribution in [0.5, 0.6) is 11.5 Å². The van der Waals surface area contributed by atoms with Crippen molar-refractivity contribution in [2.75, 3.05) is 26.3 Å². The molecule has 0 atom stereocenters. The van der Waals surface area contributed by atoms with E-state index in [0.717, 1.165) is 10.6 Å². The summed E-state index contributed by atoms with van der Waals surface area (Å²) < 4.78 is 13.0. The first kappa shape index (κ1) is 22.5. The molecule has 36 heavy (non-hydrogen) atoms. The number of fused-ring (bicyclic) bond motifs is 1. The Kier molecular flexibility index (Phi) is 6.03. The Bertz CT molecular complexity index is 1390. The minimum atomic E-state index is -0.125. The zero-order chi connectivity index (χ0) is 24.5. The number of piperidine rings is 1. The first-order valence-electron chi connectivity index (χ1n) is 12.1. The van der Waals surface area contributed by atoms with Crippen LogP contribution in [0.3, 0.4) is 0 Å². The molecule has 0 spiro atoms. The molecule has 2 aliphatic rings. The van der Waals surface area contributed by atoms with Gasteiger partial charge >= 0.3 is 0 Å². The van der Waals surface area contributed by atoms with E-state index in [9.17, 15) is 9.59 Å². The molecular weight excluding hydrogens is 474 g/mol. The van der Waals surface area contributed by atoms with E-state index in [2.05, 4.69) is 0 Å². The maximum Gasteiger partial charge on any atom is 0.257 e. The minimum absolute atomic E-state index is 0.0502. The van der Waals surface area contributed by atoms with Crippen LogP contribution < -0.4 is 9.47 Å². The van der Waals surface area contributed by atoms with Crippen LogP contribution in [-0.4, -0.2) is 52.7 Å². The molecule has 4 heterocycles. The molecular formula is C28H25N3O4S. The van der Waals surface area contributed by atoms with Gasteiger partial charge in [-0.3, -0.25) is 9.59 Å². The summed E-state index contributed by atoms with van der Waals surface area (Å²) >= 11 is 1.56. The van der Waals surface area contributed by atoms with Crippen LogP contribution >= 0.6 is 11.3 Å². The van der Waals surface area contributed by atoms with Gasteiger partial charge in [-0.2, -0.15) is 5.10 Å². The fourth-order valence-corrected chi connectivity index (χ4v) is 5.51. The summed E-state index contributed by atoms with van der Waals surface area (Å²) in [6, 6.07) is 19.1. The first-order valence-corrected chi connectivity index (χ1v) is 13.0. The van der Waals surface area contributed by atoms with E-state index >= 15 is 0 Å². The number of Topliss-reactive ketones (excluding diaryl/α,β-unsaturated/α-hetero) is 1. The number of rotatable bonds is 5. The van der Waals surface area contributed by atoms with E-state index in [4.69, 9.17) is 14.6 Å². The SMILES string of the molecule is O=C(c1ccc2c(c1)OCCO2)C1CCN(C(=O)c2cn(-c3ccccc3)nc2-c2cccs2)CC1. The molecule has 0 radical (unpaired) electrons. The lowest BCUT2D eigenvalue weighted by atomic mass is 9.88. The standard InChI is InChI=1S/C28H25N3O4S/c32-27(20-8-9-23-24(17-20)35-15-14-34-23)19-10-12-30(13-11-19)28(33)22-18-31(21-5-2-1-3-6-21)29-26(22)25-7-4-16-36-25/h1-9,16-19H,10-15H2. The van der Waals surface area contributed by atoms with Crippen molar-refractivity contribution in [3.8, 4) is 27.8 Å². The van der Waals surface area contributed by atoms with Crippen molar-refractivity contribution in [2.24, 2.45) is 5.92 Å². The van der Waals surface area contributed by atoms with Gasteiger partial charge in [-0.15, -0.1) is 11.3 Å². The molecule has 1 amide bonds. The summed E-state index contributed by atoms with van der Waals surface area (Å²) in [6.07, 6.45) is 3.07. The molecule has 0 saturated carbocycles. The number of ketones is 1. The monoisotopic (exact) mass is 499 g/mol. The zero-order valence-electron chi connectivity index (χ0n) is 19.6. The molecule has 2 aromatic carbocycles. The van der Waals surface area contributed by atoms with Crippen LogP contribution in [-0.2, 0) is 0 Å². The van der Waals surface area contributed by atoms with Gasteiger partial charge in [0.15, 0.2) is 17.3 Å². The third-order valence-electron chi connectivity index (χ3n) is 6.70. The second-order valence-electron chi connectivity index (χ2n) is 8.94. The average Bonchev–Trinajstić information content (AvgIpc) is 3.63. The maximum atomic E-state index is 13.6. The average molecular weight is 500 g/mol. The Morgan fingerprint density at radius 2 is 1.69 bits per heavy atom. The van der Waals surface area contributed by atoms with Crippen LogP contribution in [0.15, 0.2) is 72.2 Å². The topological polar surface area (TPSA) is 73.7 Å². The van der Waals surface area contributed by atoms with Gasteiger partial charge in [-0.05, 0) is 54.6 Å². The summed E-state index contributed by atoms with van der Waals surface area (Å²) in [5.74, 6) is 1.22. The van der Waals surface area contributed by atoms with Gasteiger partial charge in [-0.25, -0.2) is 4.68 Å². The Balaban J connectivity index is 1.19. The largest absolute Gasteiger partial charge is 0.486 e. The number of aromatic nitrogens is 2. The fraction of sp³-hybridized carbons (Fsp3) is 0.250. The van der Waals surface area contributed by atoms with Crippen molar-refractivity contribution in [1.82, 2.24) is 14.7 Å². The number of nitrogens with zero attached hydrogens (tertiary/aromatic N) is 3. The van der Waals surface area contributed by atoms with Gasteiger partial charge in [0.1, 0.15) is 18.9 Å². The molecule has 1 saturated heterocycles. The lowest BCUT2D eigenvalue weighted by molar-refractivity contribution is 0.0650. The van der Waals surface area contributed by atoms with Gasteiger partial charge in [0.05, 0.1) is 16.1 Å². The minimum Gasteiger partial charge on any atom is -0.486 e. The number of hydrogen-bond donors (Lipinski definition) is 0. The molecule has 0 aliphatic carbocycles.